The third-order valence-corrected chi connectivity index (χ3v) is 3.37. The molecule has 0 aliphatic rings. The van der Waals surface area contributed by atoms with E-state index < -0.39 is 23.7 Å². The Morgan fingerprint density at radius 3 is 2.24 bits per heavy atom. The van der Waals surface area contributed by atoms with Gasteiger partial charge in [-0.15, -0.1) is 0 Å². The summed E-state index contributed by atoms with van der Waals surface area (Å²) >= 11 is 0.387. The van der Waals surface area contributed by atoms with Crippen LogP contribution in [0.25, 0.3) is 0 Å². The summed E-state index contributed by atoms with van der Waals surface area (Å²) in [4.78, 5) is 23.4. The fourth-order valence-electron chi connectivity index (χ4n) is 1.72. The van der Waals surface area contributed by atoms with Crippen LogP contribution in [0.3, 0.4) is 0 Å². The Morgan fingerprint density at radius 2 is 1.81 bits per heavy atom. The molecule has 0 unspecified atom stereocenters. The van der Waals surface area contributed by atoms with Crippen molar-refractivity contribution in [3.05, 3.63) is 29.8 Å². The van der Waals surface area contributed by atoms with Crippen LogP contribution >= 0.6 is 11.8 Å². The molecule has 1 atom stereocenters. The van der Waals surface area contributed by atoms with Gasteiger partial charge in [-0.05, 0) is 36.6 Å². The molecule has 0 aliphatic heterocycles. The average Bonchev–Trinajstić information content (AvgIpc) is 2.37. The maximum Gasteiger partial charge on any atom is 0.326 e. The summed E-state index contributed by atoms with van der Waals surface area (Å²) in [5.41, 5.74) is 0.239. The highest BCUT2D eigenvalue weighted by Crippen LogP contribution is 2.25. The monoisotopic (exact) mass is 317 g/mol. The van der Waals surface area contributed by atoms with Gasteiger partial charge in [-0.25, -0.2) is 4.79 Å². The first-order valence-electron chi connectivity index (χ1n) is 6.38. The molecule has 0 aromatic heterocycles. The topological polar surface area (TPSA) is 66.4 Å². The Bertz CT molecular complexity index is 491. The van der Waals surface area contributed by atoms with E-state index in [1.807, 2.05) is 13.8 Å². The molecule has 0 radical (unpaired) electrons. The van der Waals surface area contributed by atoms with Crippen LogP contribution in [0.1, 0.15) is 30.6 Å². The third-order valence-electron chi connectivity index (χ3n) is 2.65. The predicted octanol–water partition coefficient (Wildman–Crippen LogP) is 3.23. The number of carbonyl (C=O) groups excluding carboxylic acids is 1. The van der Waals surface area contributed by atoms with Gasteiger partial charge in [0.05, 0.1) is 0 Å². The Kier molecular flexibility index (Phi) is 6.61. The highest BCUT2D eigenvalue weighted by molar-refractivity contribution is 7.99. The van der Waals surface area contributed by atoms with Gasteiger partial charge in [0.15, 0.2) is 0 Å². The van der Waals surface area contributed by atoms with Gasteiger partial charge in [0, 0.05) is 10.5 Å². The lowest BCUT2D eigenvalue weighted by atomic mass is 10.0. The van der Waals surface area contributed by atoms with E-state index in [9.17, 15) is 18.4 Å². The number of nitrogens with one attached hydrogen (secondary N) is 1. The second kappa shape index (κ2) is 7.97. The lowest BCUT2D eigenvalue weighted by Crippen LogP contribution is -2.41. The zero-order valence-electron chi connectivity index (χ0n) is 11.7. The van der Waals surface area contributed by atoms with Crippen LogP contribution < -0.4 is 5.32 Å². The van der Waals surface area contributed by atoms with E-state index in [0.29, 0.717) is 23.1 Å². The van der Waals surface area contributed by atoms with Crippen molar-refractivity contribution in [2.45, 2.75) is 37.0 Å². The zero-order valence-corrected chi connectivity index (χ0v) is 12.5. The zero-order chi connectivity index (χ0) is 16.0. The molecule has 1 aromatic rings. The van der Waals surface area contributed by atoms with Gasteiger partial charge in [-0.2, -0.15) is 8.78 Å². The summed E-state index contributed by atoms with van der Waals surface area (Å²) in [6.45, 7) is 3.72. The molecule has 0 saturated carbocycles. The minimum atomic E-state index is -2.52. The number of aliphatic carboxylic acids is 1. The van der Waals surface area contributed by atoms with Crippen LogP contribution in [-0.4, -0.2) is 28.8 Å². The molecule has 1 aromatic carbocycles. The summed E-state index contributed by atoms with van der Waals surface area (Å²) in [5.74, 6) is -4.03. The van der Waals surface area contributed by atoms with Gasteiger partial charge in [0.25, 0.3) is 11.7 Å². The number of alkyl halides is 2. The summed E-state index contributed by atoms with van der Waals surface area (Å²) < 4.78 is 24.4. The van der Waals surface area contributed by atoms with E-state index in [1.54, 1.807) is 0 Å². The molecule has 116 valence electrons. The number of benzene rings is 1. The highest BCUT2D eigenvalue weighted by atomic mass is 32.2. The molecule has 0 bridgehead atoms. The number of rotatable bonds is 7. The lowest BCUT2D eigenvalue weighted by molar-refractivity contribution is -0.139. The van der Waals surface area contributed by atoms with Gasteiger partial charge >= 0.3 is 5.97 Å². The normalized spacial score (nSPS) is 12.5. The summed E-state index contributed by atoms with van der Waals surface area (Å²) in [7, 11) is 0. The second-order valence-electron chi connectivity index (χ2n) is 4.90. The first-order valence-corrected chi connectivity index (χ1v) is 7.26. The molecule has 0 aliphatic carbocycles. The van der Waals surface area contributed by atoms with Gasteiger partial charge in [0.2, 0.25) is 0 Å². The molecule has 7 heteroatoms. The maximum absolute atomic E-state index is 12.2. The molecule has 0 spiro atoms. The first kappa shape index (κ1) is 17.4. The number of hydrogen-bond donors (Lipinski definition) is 2. The van der Waals surface area contributed by atoms with Crippen LogP contribution in [0.15, 0.2) is 29.2 Å². The highest BCUT2D eigenvalue weighted by Gasteiger charge is 2.21. The van der Waals surface area contributed by atoms with Crippen LogP contribution in [0, 0.1) is 5.92 Å². The van der Waals surface area contributed by atoms with Gasteiger partial charge in [-0.1, -0.05) is 25.6 Å². The fourth-order valence-corrected chi connectivity index (χ4v) is 2.22. The largest absolute Gasteiger partial charge is 0.480 e. The minimum Gasteiger partial charge on any atom is -0.480 e. The first-order chi connectivity index (χ1) is 9.79. The molecular formula is C14H17F2NO3S. The van der Waals surface area contributed by atoms with Crippen molar-refractivity contribution in [1.29, 1.82) is 0 Å². The quantitative estimate of drug-likeness (QED) is 0.758. The lowest BCUT2D eigenvalue weighted by Gasteiger charge is -2.16. The number of hydrogen-bond acceptors (Lipinski definition) is 3. The number of thioether (sulfide) groups is 1. The van der Waals surface area contributed by atoms with E-state index >= 15 is 0 Å². The fraction of sp³-hybridized carbons (Fsp3) is 0.429. The number of amides is 1. The molecule has 4 nitrogen and oxygen atoms in total. The Hall–Kier alpha value is -1.63. The Labute approximate surface area is 125 Å². The number of carbonyl (C=O) groups is 2. The van der Waals surface area contributed by atoms with Crippen molar-refractivity contribution in [1.82, 2.24) is 5.32 Å². The molecule has 2 N–H and O–H groups in total. The number of carboxylic acid groups (broad SMARTS) is 1. The van der Waals surface area contributed by atoms with Crippen LogP contribution in [0.2, 0.25) is 0 Å². The number of halogens is 2. The van der Waals surface area contributed by atoms with E-state index in [2.05, 4.69) is 5.32 Å². The van der Waals surface area contributed by atoms with Gasteiger partial charge in [0.1, 0.15) is 6.04 Å². The van der Waals surface area contributed by atoms with Crippen molar-refractivity contribution in [3.63, 3.8) is 0 Å². The predicted molar refractivity (Wildman–Crippen MR) is 76.6 cm³/mol. The van der Waals surface area contributed by atoms with E-state index in [1.165, 1.54) is 24.3 Å². The molecule has 0 heterocycles. The SMILES string of the molecule is CC(C)C[C@@H](NC(=O)c1ccc(SC(F)F)cc1)C(=O)O. The van der Waals surface area contributed by atoms with Crippen LogP contribution in [0.5, 0.6) is 0 Å². The Balaban J connectivity index is 2.71. The van der Waals surface area contributed by atoms with E-state index in [4.69, 9.17) is 5.11 Å². The standard InChI is InChI=1S/C14H17F2NO3S/c1-8(2)7-11(13(19)20)17-12(18)9-3-5-10(6-4-9)21-14(15)16/h3-6,8,11,14H,7H2,1-2H3,(H,17,18)(H,19,20)/t11-/m1/s1. The third kappa shape index (κ3) is 6.12. The second-order valence-corrected chi connectivity index (χ2v) is 5.96. The molecule has 1 amide bonds. The summed E-state index contributed by atoms with van der Waals surface area (Å²) in [6, 6.07) is 4.64. The Morgan fingerprint density at radius 1 is 1.24 bits per heavy atom. The van der Waals surface area contributed by atoms with Crippen molar-refractivity contribution >= 4 is 23.6 Å². The molecule has 21 heavy (non-hydrogen) atoms. The van der Waals surface area contributed by atoms with Gasteiger partial charge < -0.3 is 10.4 Å². The minimum absolute atomic E-state index is 0.121. The van der Waals surface area contributed by atoms with Crippen molar-refractivity contribution in [3.8, 4) is 0 Å². The van der Waals surface area contributed by atoms with Crippen molar-refractivity contribution in [2.24, 2.45) is 5.92 Å². The van der Waals surface area contributed by atoms with Crippen molar-refractivity contribution in [2.75, 3.05) is 0 Å². The van der Waals surface area contributed by atoms with Crippen LogP contribution in [0.4, 0.5) is 8.78 Å². The molecule has 0 saturated heterocycles. The van der Waals surface area contributed by atoms with Gasteiger partial charge in [-0.3, -0.25) is 4.79 Å². The molecule has 0 fully saturated rings. The van der Waals surface area contributed by atoms with E-state index in [-0.39, 0.29) is 11.5 Å². The average molecular weight is 317 g/mol. The summed E-state index contributed by atoms with van der Waals surface area (Å²) in [6.07, 6.45) is 0.320. The summed E-state index contributed by atoms with van der Waals surface area (Å²) in [5, 5.41) is 11.5. The van der Waals surface area contributed by atoms with Crippen LogP contribution in [-0.2, 0) is 4.79 Å². The molecular weight excluding hydrogens is 300 g/mol. The number of carboxylic acids is 1. The molecule has 1 rings (SSSR count). The van der Waals surface area contributed by atoms with Crippen molar-refractivity contribution < 1.29 is 23.5 Å². The van der Waals surface area contributed by atoms with E-state index in [0.717, 1.165) is 0 Å². The smallest absolute Gasteiger partial charge is 0.326 e. The maximum atomic E-state index is 12.2.